The Bertz CT molecular complexity index is 1200. The molecule has 0 fully saturated rings. The number of nitrogens with one attached hydrogen (secondary N) is 2. The van der Waals surface area contributed by atoms with E-state index in [9.17, 15) is 4.79 Å². The van der Waals surface area contributed by atoms with Crippen LogP contribution in [0.25, 0.3) is 22.3 Å². The average Bonchev–Trinajstić information content (AvgIpc) is 3.09. The summed E-state index contributed by atoms with van der Waals surface area (Å²) in [5.74, 6) is 0.0287. The predicted octanol–water partition coefficient (Wildman–Crippen LogP) is 6.46. The fourth-order valence-corrected chi connectivity index (χ4v) is 3.89. The van der Waals surface area contributed by atoms with Crippen molar-refractivity contribution in [3.8, 4) is 11.4 Å². The van der Waals surface area contributed by atoms with Crippen LogP contribution in [0.2, 0.25) is 5.02 Å². The maximum Gasteiger partial charge on any atom is 0.224 e. The maximum atomic E-state index is 12.5. The summed E-state index contributed by atoms with van der Waals surface area (Å²) in [6.45, 7) is 4.03. The normalized spacial score (nSPS) is 11.0. The summed E-state index contributed by atoms with van der Waals surface area (Å²) in [6.07, 6.45) is 3.72. The molecule has 2 N–H and O–H groups in total. The second-order valence-electron chi connectivity index (χ2n) is 7.60. The van der Waals surface area contributed by atoms with Gasteiger partial charge in [0.2, 0.25) is 5.91 Å². The van der Waals surface area contributed by atoms with E-state index in [0.29, 0.717) is 11.4 Å². The monoisotopic (exact) mass is 417 g/mol. The minimum Gasteiger partial charge on any atom is -0.353 e. The largest absolute Gasteiger partial charge is 0.353 e. The van der Waals surface area contributed by atoms with Gasteiger partial charge in [-0.15, -0.1) is 0 Å². The van der Waals surface area contributed by atoms with E-state index < -0.39 is 0 Å². The Morgan fingerprint density at radius 3 is 2.77 bits per heavy atom. The number of benzene rings is 2. The van der Waals surface area contributed by atoms with Crippen molar-refractivity contribution in [2.75, 3.05) is 5.32 Å². The molecule has 0 unspecified atom stereocenters. The number of hydrogen-bond acceptors (Lipinski definition) is 2. The lowest BCUT2D eigenvalue weighted by molar-refractivity contribution is -0.116. The fraction of sp³-hybridized carbons (Fsp3) is 0.200. The van der Waals surface area contributed by atoms with Crippen molar-refractivity contribution < 1.29 is 4.79 Å². The van der Waals surface area contributed by atoms with Crippen molar-refractivity contribution in [3.05, 3.63) is 82.5 Å². The Balaban J connectivity index is 1.52. The molecule has 0 aliphatic carbocycles. The molecule has 5 heteroatoms. The van der Waals surface area contributed by atoms with Gasteiger partial charge in [0.05, 0.1) is 11.4 Å². The summed E-state index contributed by atoms with van der Waals surface area (Å²) in [4.78, 5) is 20.5. The van der Waals surface area contributed by atoms with Gasteiger partial charge in [-0.25, -0.2) is 0 Å². The molecule has 0 aliphatic rings. The van der Waals surface area contributed by atoms with Crippen molar-refractivity contribution in [1.29, 1.82) is 0 Å². The summed E-state index contributed by atoms with van der Waals surface area (Å²) in [7, 11) is 0. The van der Waals surface area contributed by atoms with Gasteiger partial charge < -0.3 is 10.3 Å². The molecule has 2 aromatic heterocycles. The van der Waals surface area contributed by atoms with Gasteiger partial charge in [-0.2, -0.15) is 0 Å². The maximum absolute atomic E-state index is 12.5. The molecule has 152 valence electrons. The standard InChI is InChI=1S/C25H24ClN3O/c1-16-9-10-17(2)23(14-16)28-24(30)8-5-6-19-20-15-18(26)11-12-21(20)29-25(19)22-7-3-4-13-27-22/h3-4,7,9-15,29H,5-6,8H2,1-2H3,(H,28,30). The first-order chi connectivity index (χ1) is 14.5. The summed E-state index contributed by atoms with van der Waals surface area (Å²) in [6, 6.07) is 17.8. The molecule has 0 saturated carbocycles. The Hall–Kier alpha value is -3.11. The molecule has 4 rings (SSSR count). The summed E-state index contributed by atoms with van der Waals surface area (Å²) in [5.41, 5.74) is 7.13. The highest BCUT2D eigenvalue weighted by molar-refractivity contribution is 6.31. The van der Waals surface area contributed by atoms with Gasteiger partial charge in [0.15, 0.2) is 0 Å². The molecule has 0 spiro atoms. The number of fused-ring (bicyclic) bond motifs is 1. The number of rotatable bonds is 6. The van der Waals surface area contributed by atoms with Crippen LogP contribution in [0.4, 0.5) is 5.69 Å². The zero-order valence-electron chi connectivity index (χ0n) is 17.1. The highest BCUT2D eigenvalue weighted by Gasteiger charge is 2.15. The van der Waals surface area contributed by atoms with E-state index in [-0.39, 0.29) is 5.91 Å². The van der Waals surface area contributed by atoms with Gasteiger partial charge in [-0.3, -0.25) is 9.78 Å². The van der Waals surface area contributed by atoms with Crippen LogP contribution >= 0.6 is 11.6 Å². The number of aromatic amines is 1. The second-order valence-corrected chi connectivity index (χ2v) is 8.04. The predicted molar refractivity (Wildman–Crippen MR) is 124 cm³/mol. The number of anilines is 1. The van der Waals surface area contributed by atoms with Crippen LogP contribution in [0.1, 0.15) is 29.5 Å². The number of aryl methyl sites for hydroxylation is 3. The highest BCUT2D eigenvalue weighted by Crippen LogP contribution is 2.32. The molecule has 1 amide bonds. The van der Waals surface area contributed by atoms with Crippen molar-refractivity contribution in [2.45, 2.75) is 33.1 Å². The molecule has 0 radical (unpaired) electrons. The first kappa shape index (κ1) is 20.2. The number of H-pyrrole nitrogens is 1. The van der Waals surface area contributed by atoms with Crippen LogP contribution in [-0.4, -0.2) is 15.9 Å². The van der Waals surface area contributed by atoms with Crippen LogP contribution in [0.5, 0.6) is 0 Å². The number of amides is 1. The van der Waals surface area contributed by atoms with Gasteiger partial charge >= 0.3 is 0 Å². The highest BCUT2D eigenvalue weighted by atomic mass is 35.5. The quantitative estimate of drug-likeness (QED) is 0.378. The smallest absolute Gasteiger partial charge is 0.224 e. The van der Waals surface area contributed by atoms with Crippen molar-refractivity contribution in [2.24, 2.45) is 0 Å². The number of carbonyl (C=O) groups excluding carboxylic acids is 1. The molecule has 30 heavy (non-hydrogen) atoms. The summed E-state index contributed by atoms with van der Waals surface area (Å²) < 4.78 is 0. The molecular weight excluding hydrogens is 394 g/mol. The third-order valence-electron chi connectivity index (χ3n) is 5.29. The van der Waals surface area contributed by atoms with E-state index in [4.69, 9.17) is 11.6 Å². The van der Waals surface area contributed by atoms with Gasteiger partial charge in [0, 0.05) is 34.2 Å². The average molecular weight is 418 g/mol. The topological polar surface area (TPSA) is 57.8 Å². The van der Waals surface area contributed by atoms with Crippen LogP contribution in [0, 0.1) is 13.8 Å². The van der Waals surface area contributed by atoms with Gasteiger partial charge in [0.1, 0.15) is 0 Å². The Kier molecular flexibility index (Phi) is 5.86. The lowest BCUT2D eigenvalue weighted by Gasteiger charge is -2.10. The zero-order valence-corrected chi connectivity index (χ0v) is 17.9. The van der Waals surface area contributed by atoms with Gasteiger partial charge in [-0.05, 0) is 79.8 Å². The Labute approximate surface area is 181 Å². The number of halogens is 1. The molecule has 2 heterocycles. The SMILES string of the molecule is Cc1ccc(C)c(NC(=O)CCCc2c(-c3ccccn3)[nH]c3ccc(Cl)cc23)c1. The minimum absolute atomic E-state index is 0.0287. The van der Waals surface area contributed by atoms with Crippen molar-refractivity contribution in [3.63, 3.8) is 0 Å². The number of aromatic nitrogens is 2. The molecule has 4 nitrogen and oxygen atoms in total. The lowest BCUT2D eigenvalue weighted by atomic mass is 10.0. The molecule has 0 bridgehead atoms. The van der Waals surface area contributed by atoms with Crippen molar-refractivity contribution >= 4 is 34.1 Å². The van der Waals surface area contributed by atoms with Gasteiger partial charge in [0.25, 0.3) is 0 Å². The van der Waals surface area contributed by atoms with E-state index in [1.165, 1.54) is 0 Å². The van der Waals surface area contributed by atoms with Crippen LogP contribution in [0.3, 0.4) is 0 Å². The van der Waals surface area contributed by atoms with Crippen LogP contribution in [-0.2, 0) is 11.2 Å². The van der Waals surface area contributed by atoms with Crippen LogP contribution in [0.15, 0.2) is 60.8 Å². The number of hydrogen-bond donors (Lipinski definition) is 2. The number of carbonyl (C=O) groups is 1. The number of pyridine rings is 1. The van der Waals surface area contributed by atoms with E-state index in [2.05, 4.69) is 15.3 Å². The second kappa shape index (κ2) is 8.72. The summed E-state index contributed by atoms with van der Waals surface area (Å²) in [5, 5.41) is 4.82. The Morgan fingerprint density at radius 2 is 1.97 bits per heavy atom. The van der Waals surface area contributed by atoms with Crippen molar-refractivity contribution in [1.82, 2.24) is 9.97 Å². The number of nitrogens with zero attached hydrogens (tertiary/aromatic N) is 1. The summed E-state index contributed by atoms with van der Waals surface area (Å²) >= 11 is 6.25. The van der Waals surface area contributed by atoms with E-state index in [1.807, 2.05) is 68.4 Å². The first-order valence-electron chi connectivity index (χ1n) is 10.1. The van der Waals surface area contributed by atoms with Gasteiger partial charge in [-0.1, -0.05) is 29.8 Å². The van der Waals surface area contributed by atoms with E-state index in [1.54, 1.807) is 6.20 Å². The third-order valence-corrected chi connectivity index (χ3v) is 5.52. The van der Waals surface area contributed by atoms with Crippen LogP contribution < -0.4 is 5.32 Å². The minimum atomic E-state index is 0.0287. The molecule has 0 atom stereocenters. The zero-order chi connectivity index (χ0) is 21.1. The third kappa shape index (κ3) is 4.39. The fourth-order valence-electron chi connectivity index (χ4n) is 3.72. The van der Waals surface area contributed by atoms with E-state index in [0.717, 1.165) is 57.5 Å². The van der Waals surface area contributed by atoms with E-state index >= 15 is 0 Å². The first-order valence-corrected chi connectivity index (χ1v) is 10.5. The lowest BCUT2D eigenvalue weighted by Crippen LogP contribution is -2.12. The molecule has 2 aromatic carbocycles. The molecule has 0 saturated heterocycles. The Morgan fingerprint density at radius 1 is 1.10 bits per heavy atom. The molecular formula is C25H24ClN3O. The molecule has 0 aliphatic heterocycles. The molecule has 4 aromatic rings.